The van der Waals surface area contributed by atoms with E-state index in [1.54, 1.807) is 6.92 Å². The highest BCUT2D eigenvalue weighted by molar-refractivity contribution is 9.09. The maximum Gasteiger partial charge on any atom is 0.472 e. The molecule has 0 aromatic carbocycles. The molecule has 0 aliphatic heterocycles. The van der Waals surface area contributed by atoms with E-state index in [0.717, 1.165) is 19.3 Å². The standard InChI is InChI=1S/C26H54BrO8PS/c1-3-5-6-7-8-9-10-11-12-13-14-15-16-17-18-19-21-32-24-26(35-37(30,31)23-4-2)25-34-36(28,29)33-22-20-27/h26H,3-25H2,1-2H3,(H,28,29). The van der Waals surface area contributed by atoms with Crippen molar-refractivity contribution >= 4 is 33.9 Å². The van der Waals surface area contributed by atoms with Gasteiger partial charge in [0.05, 0.1) is 25.6 Å². The molecule has 37 heavy (non-hydrogen) atoms. The van der Waals surface area contributed by atoms with Crippen LogP contribution < -0.4 is 0 Å². The molecule has 0 aromatic rings. The highest BCUT2D eigenvalue weighted by atomic mass is 79.9. The fourth-order valence-corrected chi connectivity index (χ4v) is 6.23. The number of phosphoric ester groups is 1. The third-order valence-electron chi connectivity index (χ3n) is 5.94. The lowest BCUT2D eigenvalue weighted by Crippen LogP contribution is -2.29. The average Bonchev–Trinajstić information content (AvgIpc) is 2.85. The number of alkyl halides is 1. The van der Waals surface area contributed by atoms with E-state index in [2.05, 4.69) is 22.9 Å². The molecule has 0 radical (unpaired) electrons. The van der Waals surface area contributed by atoms with Gasteiger partial charge in [-0.05, 0) is 12.8 Å². The molecule has 1 N–H and O–H groups in total. The summed E-state index contributed by atoms with van der Waals surface area (Å²) in [5.41, 5.74) is 0. The first-order valence-electron chi connectivity index (χ1n) is 14.4. The van der Waals surface area contributed by atoms with Crippen molar-refractivity contribution < 1.29 is 35.8 Å². The monoisotopic (exact) mass is 636 g/mol. The SMILES string of the molecule is CCCCCCCCCCCCCCCCCCOCC(COP(=O)(O)OCCBr)OS(=O)(=O)CCC. The van der Waals surface area contributed by atoms with Gasteiger partial charge in [-0.2, -0.15) is 8.42 Å². The van der Waals surface area contributed by atoms with Gasteiger partial charge in [-0.3, -0.25) is 13.2 Å². The van der Waals surface area contributed by atoms with Crippen molar-refractivity contribution in [3.05, 3.63) is 0 Å². The van der Waals surface area contributed by atoms with Crippen LogP contribution in [0, 0.1) is 0 Å². The van der Waals surface area contributed by atoms with E-state index >= 15 is 0 Å². The summed E-state index contributed by atoms with van der Waals surface area (Å²) in [6.07, 6.45) is 20.1. The average molecular weight is 638 g/mol. The predicted octanol–water partition coefficient (Wildman–Crippen LogP) is 7.92. The maximum absolute atomic E-state index is 12.0. The van der Waals surface area contributed by atoms with Crippen molar-refractivity contribution in [3.63, 3.8) is 0 Å². The largest absolute Gasteiger partial charge is 0.472 e. The van der Waals surface area contributed by atoms with Crippen molar-refractivity contribution in [1.29, 1.82) is 0 Å². The Hall–Kier alpha value is 0.460. The quantitative estimate of drug-likeness (QED) is 0.0382. The molecule has 224 valence electrons. The van der Waals surface area contributed by atoms with Gasteiger partial charge in [-0.25, -0.2) is 4.57 Å². The van der Waals surface area contributed by atoms with Crippen LogP contribution in [0.25, 0.3) is 0 Å². The van der Waals surface area contributed by atoms with Gasteiger partial charge < -0.3 is 9.63 Å². The first-order valence-corrected chi connectivity index (χ1v) is 18.6. The third-order valence-corrected chi connectivity index (χ3v) is 8.72. The second-order valence-electron chi connectivity index (χ2n) is 9.64. The van der Waals surface area contributed by atoms with Crippen molar-refractivity contribution in [3.8, 4) is 0 Å². The Balaban J connectivity index is 3.86. The lowest BCUT2D eigenvalue weighted by Gasteiger charge is -2.19. The second kappa shape index (κ2) is 25.4. The van der Waals surface area contributed by atoms with Crippen LogP contribution in [-0.4, -0.2) is 56.9 Å². The molecule has 0 aliphatic carbocycles. The molecule has 0 heterocycles. The highest BCUT2D eigenvalue weighted by Crippen LogP contribution is 2.43. The number of hydrogen-bond acceptors (Lipinski definition) is 7. The van der Waals surface area contributed by atoms with Gasteiger partial charge in [0.2, 0.25) is 0 Å². The molecule has 8 nitrogen and oxygen atoms in total. The van der Waals surface area contributed by atoms with Crippen LogP contribution in [0.2, 0.25) is 0 Å². The summed E-state index contributed by atoms with van der Waals surface area (Å²) in [6.45, 7) is 4.00. The van der Waals surface area contributed by atoms with Crippen molar-refractivity contribution in [2.24, 2.45) is 0 Å². The molecule has 0 aromatic heterocycles. The molecule has 2 unspecified atom stereocenters. The van der Waals surface area contributed by atoms with Crippen LogP contribution in [0.15, 0.2) is 0 Å². The molecule has 0 spiro atoms. The fraction of sp³-hybridized carbons (Fsp3) is 1.00. The Bertz CT molecular complexity index is 650. The predicted molar refractivity (Wildman–Crippen MR) is 155 cm³/mol. The Labute approximate surface area is 235 Å². The lowest BCUT2D eigenvalue weighted by molar-refractivity contribution is 0.0183. The van der Waals surface area contributed by atoms with Gasteiger partial charge >= 0.3 is 7.82 Å². The Morgan fingerprint density at radius 3 is 1.65 bits per heavy atom. The molecule has 0 amide bonds. The van der Waals surface area contributed by atoms with E-state index in [0.29, 0.717) is 18.4 Å². The molecule has 2 atom stereocenters. The first kappa shape index (κ1) is 37.5. The van der Waals surface area contributed by atoms with Crippen LogP contribution in [0.1, 0.15) is 123 Å². The number of hydrogen-bond donors (Lipinski definition) is 1. The summed E-state index contributed by atoms with van der Waals surface area (Å²) in [6, 6.07) is 0. The van der Waals surface area contributed by atoms with E-state index in [1.807, 2.05) is 0 Å². The molecule has 0 aliphatic rings. The van der Waals surface area contributed by atoms with Crippen LogP contribution in [0.3, 0.4) is 0 Å². The summed E-state index contributed by atoms with van der Waals surface area (Å²) in [4.78, 5) is 9.67. The van der Waals surface area contributed by atoms with Crippen molar-refractivity contribution in [2.75, 3.05) is 37.5 Å². The van der Waals surface area contributed by atoms with Gasteiger partial charge in [0.25, 0.3) is 10.1 Å². The second-order valence-corrected chi connectivity index (χ2v) is 13.6. The maximum atomic E-state index is 12.0. The zero-order chi connectivity index (χ0) is 27.7. The summed E-state index contributed by atoms with van der Waals surface area (Å²) in [7, 11) is -8.05. The number of ether oxygens (including phenoxy) is 1. The highest BCUT2D eigenvalue weighted by Gasteiger charge is 2.26. The van der Waals surface area contributed by atoms with Crippen molar-refractivity contribution in [2.45, 2.75) is 129 Å². The summed E-state index contributed by atoms with van der Waals surface area (Å²) >= 11 is 3.10. The summed E-state index contributed by atoms with van der Waals surface area (Å²) in [5, 5.41) is 0.369. The fourth-order valence-electron chi connectivity index (χ4n) is 3.94. The molecule has 0 rings (SSSR count). The molecule has 0 saturated heterocycles. The molecule has 0 fully saturated rings. The third kappa shape index (κ3) is 26.4. The Morgan fingerprint density at radius 2 is 1.19 bits per heavy atom. The van der Waals surface area contributed by atoms with Gasteiger partial charge in [0, 0.05) is 11.9 Å². The Morgan fingerprint density at radius 1 is 0.703 bits per heavy atom. The lowest BCUT2D eigenvalue weighted by atomic mass is 10.0. The Kier molecular flexibility index (Phi) is 25.7. The van der Waals surface area contributed by atoms with Crippen LogP contribution in [0.4, 0.5) is 0 Å². The van der Waals surface area contributed by atoms with Gasteiger partial charge in [-0.1, -0.05) is 126 Å². The molecular weight excluding hydrogens is 583 g/mol. The smallest absolute Gasteiger partial charge is 0.379 e. The topological polar surface area (TPSA) is 108 Å². The van der Waals surface area contributed by atoms with Gasteiger partial charge in [0.15, 0.2) is 0 Å². The number of halogens is 1. The minimum Gasteiger partial charge on any atom is -0.379 e. The van der Waals surface area contributed by atoms with E-state index in [4.69, 9.17) is 18.0 Å². The molecular formula is C26H54BrO8PS. The van der Waals surface area contributed by atoms with E-state index in [1.165, 1.54) is 83.5 Å². The first-order chi connectivity index (χ1) is 17.8. The number of phosphoric acid groups is 1. The molecule has 11 heteroatoms. The van der Waals surface area contributed by atoms with E-state index < -0.39 is 30.7 Å². The van der Waals surface area contributed by atoms with Crippen LogP contribution >= 0.6 is 23.8 Å². The zero-order valence-electron chi connectivity index (χ0n) is 23.4. The van der Waals surface area contributed by atoms with Gasteiger partial charge in [-0.15, -0.1) is 0 Å². The summed E-state index contributed by atoms with van der Waals surface area (Å²) < 4.78 is 56.3. The zero-order valence-corrected chi connectivity index (χ0v) is 26.7. The van der Waals surface area contributed by atoms with E-state index in [-0.39, 0.29) is 19.0 Å². The van der Waals surface area contributed by atoms with Crippen LogP contribution in [-0.2, 0) is 32.7 Å². The summed E-state index contributed by atoms with van der Waals surface area (Å²) in [5.74, 6) is -0.139. The minimum atomic E-state index is -4.28. The molecule has 0 saturated carbocycles. The minimum absolute atomic E-state index is 0.0107. The number of rotatable bonds is 29. The molecule has 0 bridgehead atoms. The van der Waals surface area contributed by atoms with Crippen molar-refractivity contribution in [1.82, 2.24) is 0 Å². The van der Waals surface area contributed by atoms with E-state index in [9.17, 15) is 17.9 Å². The number of unbranched alkanes of at least 4 members (excludes halogenated alkanes) is 15. The van der Waals surface area contributed by atoms with Gasteiger partial charge in [0.1, 0.15) is 6.10 Å². The normalized spacial score (nSPS) is 14.6. The van der Waals surface area contributed by atoms with Crippen LogP contribution in [0.5, 0.6) is 0 Å².